The van der Waals surface area contributed by atoms with Crippen LogP contribution in [0.2, 0.25) is 0 Å². The first-order valence-corrected chi connectivity index (χ1v) is 20.3. The SMILES string of the molecule is COc1ccc2cc1Oc1ccc(cc1)C[C@H]1c3cc(c(OC)cc3CCN1C)Oc1c(OCc3ccccc3)c(OC)cc3c1[C@H](C2)[NH+](Cc1ccccc1)CC3. The van der Waals surface area contributed by atoms with Crippen LogP contribution in [0.3, 0.4) is 0 Å². The molecule has 58 heavy (non-hydrogen) atoms. The average Bonchev–Trinajstić information content (AvgIpc) is 3.26. The van der Waals surface area contributed by atoms with Crippen molar-refractivity contribution in [1.82, 2.24) is 4.90 Å². The van der Waals surface area contributed by atoms with Gasteiger partial charge in [0.05, 0.1) is 33.4 Å². The highest BCUT2D eigenvalue weighted by Crippen LogP contribution is 2.51. The second kappa shape index (κ2) is 16.5. The predicted molar refractivity (Wildman–Crippen MR) is 225 cm³/mol. The van der Waals surface area contributed by atoms with Gasteiger partial charge in [0.1, 0.15) is 24.9 Å². The molecule has 1 unspecified atom stereocenters. The fourth-order valence-electron chi connectivity index (χ4n) is 9.04. The molecule has 10 rings (SSSR count). The van der Waals surface area contributed by atoms with Gasteiger partial charge in [0.2, 0.25) is 5.75 Å². The van der Waals surface area contributed by atoms with E-state index < -0.39 is 0 Å². The van der Waals surface area contributed by atoms with Gasteiger partial charge in [-0.05, 0) is 95.7 Å². The molecule has 1 N–H and O–H groups in total. The number of rotatable bonds is 8. The molecule has 0 radical (unpaired) electrons. The Labute approximate surface area is 341 Å². The number of nitrogens with one attached hydrogen (secondary N) is 1. The Hall–Kier alpha value is -5.96. The average molecular weight is 776 g/mol. The van der Waals surface area contributed by atoms with Crippen molar-refractivity contribution in [2.75, 3.05) is 41.5 Å². The lowest BCUT2D eigenvalue weighted by Gasteiger charge is -2.37. The molecule has 0 amide bonds. The predicted octanol–water partition coefficient (Wildman–Crippen LogP) is 8.89. The molecule has 0 saturated carbocycles. The first-order valence-electron chi connectivity index (χ1n) is 20.3. The van der Waals surface area contributed by atoms with Crippen molar-refractivity contribution in [3.8, 4) is 46.0 Å². The van der Waals surface area contributed by atoms with Crippen molar-refractivity contribution < 1.29 is 33.3 Å². The van der Waals surface area contributed by atoms with Gasteiger partial charge >= 0.3 is 0 Å². The van der Waals surface area contributed by atoms with Crippen molar-refractivity contribution in [2.45, 2.75) is 50.9 Å². The third kappa shape index (κ3) is 7.58. The molecular weight excluding hydrogens is 725 g/mol. The van der Waals surface area contributed by atoms with E-state index in [4.69, 9.17) is 28.4 Å². The van der Waals surface area contributed by atoms with E-state index in [0.29, 0.717) is 53.3 Å². The van der Waals surface area contributed by atoms with Crippen molar-refractivity contribution in [2.24, 2.45) is 0 Å². The fraction of sp³-hybridized carbons (Fsp3) is 0.280. The summed E-state index contributed by atoms with van der Waals surface area (Å²) < 4.78 is 39.0. The summed E-state index contributed by atoms with van der Waals surface area (Å²) in [6.07, 6.45) is 3.31. The zero-order valence-corrected chi connectivity index (χ0v) is 33.8. The highest BCUT2D eigenvalue weighted by Gasteiger charge is 2.39. The Morgan fingerprint density at radius 1 is 0.655 bits per heavy atom. The zero-order chi connectivity index (χ0) is 39.6. The van der Waals surface area contributed by atoms with Crippen LogP contribution in [-0.2, 0) is 38.8 Å². The quantitative estimate of drug-likeness (QED) is 0.166. The van der Waals surface area contributed by atoms with Gasteiger partial charge in [-0.25, -0.2) is 0 Å². The van der Waals surface area contributed by atoms with Gasteiger partial charge in [-0.2, -0.15) is 0 Å². The largest absolute Gasteiger partial charge is 0.493 e. The fourth-order valence-corrected chi connectivity index (χ4v) is 9.04. The summed E-state index contributed by atoms with van der Waals surface area (Å²) in [6.45, 7) is 3.07. The van der Waals surface area contributed by atoms with E-state index in [2.05, 4.69) is 109 Å². The van der Waals surface area contributed by atoms with E-state index in [1.807, 2.05) is 24.3 Å². The van der Waals surface area contributed by atoms with Crippen molar-refractivity contribution >= 4 is 0 Å². The van der Waals surface area contributed by atoms with Crippen molar-refractivity contribution in [3.05, 3.63) is 166 Å². The van der Waals surface area contributed by atoms with Gasteiger partial charge < -0.3 is 33.3 Å². The summed E-state index contributed by atoms with van der Waals surface area (Å²) >= 11 is 0. The summed E-state index contributed by atoms with van der Waals surface area (Å²) in [5.74, 6) is 5.40. The Balaban J connectivity index is 1.28. The highest BCUT2D eigenvalue weighted by atomic mass is 16.6. The number of benzene rings is 6. The monoisotopic (exact) mass is 775 g/mol. The lowest BCUT2D eigenvalue weighted by molar-refractivity contribution is -0.947. The molecule has 8 nitrogen and oxygen atoms in total. The molecule has 6 aromatic rings. The van der Waals surface area contributed by atoms with E-state index in [0.717, 1.165) is 61.3 Å². The third-order valence-corrected chi connectivity index (χ3v) is 12.1. The van der Waals surface area contributed by atoms with Crippen molar-refractivity contribution in [1.29, 1.82) is 0 Å². The van der Waals surface area contributed by atoms with Gasteiger partial charge in [0.25, 0.3) is 0 Å². The summed E-state index contributed by atoms with van der Waals surface area (Å²) in [7, 11) is 7.35. The van der Waals surface area contributed by atoms with E-state index in [9.17, 15) is 0 Å². The molecular formula is C50H51N2O6+. The first-order chi connectivity index (χ1) is 28.5. The van der Waals surface area contributed by atoms with Gasteiger partial charge in [-0.1, -0.05) is 78.9 Å². The molecule has 4 aliphatic heterocycles. The molecule has 0 fully saturated rings. The standard InChI is InChI=1S/C50H50N2O6/c1-51-23-21-37-28-44(54-3)46-30-40(37)41(51)25-33-15-18-39(19-16-33)57-45-27-36(17-20-43(45)53-2)26-42-48-38(22-24-52(42)31-34-11-7-5-8-12-34)29-47(55-4)49(50(48)58-46)56-32-35-13-9-6-10-14-35/h5-20,27-30,41-42H,21-26,31-32H2,1-4H3/p+1/t41-,42-/m0/s1. The molecule has 0 spiro atoms. The maximum Gasteiger partial charge on any atom is 0.205 e. The summed E-state index contributed by atoms with van der Waals surface area (Å²) in [6, 6.07) is 42.5. The molecule has 6 aromatic carbocycles. The van der Waals surface area contributed by atoms with Crippen LogP contribution in [0.15, 0.2) is 121 Å². The molecule has 0 aliphatic carbocycles. The van der Waals surface area contributed by atoms with E-state index in [1.165, 1.54) is 32.7 Å². The highest BCUT2D eigenvalue weighted by molar-refractivity contribution is 5.63. The number of nitrogens with zero attached hydrogens (tertiary/aromatic N) is 1. The Morgan fingerprint density at radius 2 is 1.34 bits per heavy atom. The molecule has 0 saturated heterocycles. The molecule has 3 atom stereocenters. The van der Waals surface area contributed by atoms with Gasteiger partial charge in [0.15, 0.2) is 34.5 Å². The molecule has 296 valence electrons. The van der Waals surface area contributed by atoms with Crippen LogP contribution in [0.1, 0.15) is 56.6 Å². The minimum atomic E-state index is -0.0224. The first kappa shape index (κ1) is 37.6. The van der Waals surface area contributed by atoms with Gasteiger partial charge in [-0.15, -0.1) is 0 Å². The maximum atomic E-state index is 7.39. The molecule has 8 heteroatoms. The molecule has 4 aliphatic rings. The van der Waals surface area contributed by atoms with E-state index >= 15 is 0 Å². The molecule has 0 aromatic heterocycles. The summed E-state index contributed by atoms with van der Waals surface area (Å²) in [5.41, 5.74) is 9.50. The van der Waals surface area contributed by atoms with Gasteiger partial charge in [-0.3, -0.25) is 4.90 Å². The molecule has 4 heterocycles. The summed E-state index contributed by atoms with van der Waals surface area (Å²) in [5, 5.41) is 0. The number of hydrogen-bond donors (Lipinski definition) is 1. The van der Waals surface area contributed by atoms with Crippen LogP contribution in [0.25, 0.3) is 0 Å². The normalized spacial score (nSPS) is 18.4. The summed E-state index contributed by atoms with van der Waals surface area (Å²) in [4.78, 5) is 3.88. The van der Waals surface area contributed by atoms with Crippen LogP contribution in [-0.4, -0.2) is 46.4 Å². The number of ether oxygens (including phenoxy) is 6. The third-order valence-electron chi connectivity index (χ3n) is 12.1. The lowest BCUT2D eigenvalue weighted by Crippen LogP contribution is -3.12. The van der Waals surface area contributed by atoms with Crippen LogP contribution < -0.4 is 33.3 Å². The smallest absolute Gasteiger partial charge is 0.205 e. The lowest BCUT2D eigenvalue weighted by atomic mass is 9.86. The van der Waals surface area contributed by atoms with Crippen LogP contribution in [0.4, 0.5) is 0 Å². The van der Waals surface area contributed by atoms with Gasteiger partial charge in [0, 0.05) is 31.0 Å². The number of methoxy groups -OCH3 is 3. The zero-order valence-electron chi connectivity index (χ0n) is 33.8. The van der Waals surface area contributed by atoms with E-state index in [-0.39, 0.29) is 12.1 Å². The minimum absolute atomic E-state index is 0.0224. The number of fused-ring (bicyclic) bond motifs is 2. The minimum Gasteiger partial charge on any atom is -0.493 e. The van der Waals surface area contributed by atoms with E-state index in [1.54, 1.807) is 21.3 Å². The molecule has 6 bridgehead atoms. The van der Waals surface area contributed by atoms with Crippen molar-refractivity contribution in [3.63, 3.8) is 0 Å². The second-order valence-corrected chi connectivity index (χ2v) is 15.6. The van der Waals surface area contributed by atoms with Crippen LogP contribution in [0.5, 0.6) is 46.0 Å². The Bertz CT molecular complexity index is 2380. The number of quaternary nitrogens is 1. The number of likely N-dealkylation sites (N-methyl/N-ethyl adjacent to an activating group) is 1. The van der Waals surface area contributed by atoms with Crippen LogP contribution in [0, 0.1) is 0 Å². The Kier molecular flexibility index (Phi) is 10.7. The topological polar surface area (TPSA) is 63.1 Å². The second-order valence-electron chi connectivity index (χ2n) is 15.6. The van der Waals surface area contributed by atoms with Crippen LogP contribution >= 0.6 is 0 Å². The maximum absolute atomic E-state index is 7.39. The Morgan fingerprint density at radius 3 is 2.09 bits per heavy atom. The number of hydrogen-bond acceptors (Lipinski definition) is 7.